The fourth-order valence-corrected chi connectivity index (χ4v) is 1.66. The predicted molar refractivity (Wildman–Crippen MR) is 92.3 cm³/mol. The van der Waals surface area contributed by atoms with E-state index in [0.29, 0.717) is 13.1 Å². The van der Waals surface area contributed by atoms with E-state index in [4.69, 9.17) is 44.3 Å². The molecule has 0 aromatic heterocycles. The lowest BCUT2D eigenvalue weighted by molar-refractivity contribution is 0.0527. The van der Waals surface area contributed by atoms with E-state index in [1.165, 1.54) is 0 Å². The SMILES string of the molecule is CC(C)(C)OC(=O)NCCCCCCNC(=O)OCC(Cl)(Cl)Cl. The van der Waals surface area contributed by atoms with Crippen molar-refractivity contribution in [1.29, 1.82) is 0 Å². The molecule has 0 rings (SSSR count). The van der Waals surface area contributed by atoms with Gasteiger partial charge in [0.2, 0.25) is 3.79 Å². The van der Waals surface area contributed by atoms with Gasteiger partial charge in [0, 0.05) is 13.1 Å². The second-order valence-corrected chi connectivity index (χ2v) is 8.48. The molecule has 2 amide bonds. The normalized spacial score (nSPS) is 11.7. The molecule has 0 aromatic rings. The number of carbonyl (C=O) groups excluding carboxylic acids is 2. The smallest absolute Gasteiger partial charge is 0.407 e. The first-order chi connectivity index (χ1) is 10.5. The highest BCUT2D eigenvalue weighted by atomic mass is 35.6. The minimum atomic E-state index is -1.60. The van der Waals surface area contributed by atoms with E-state index in [-0.39, 0.29) is 6.61 Å². The Morgan fingerprint density at radius 3 is 1.78 bits per heavy atom. The number of amides is 2. The molecule has 9 heteroatoms. The van der Waals surface area contributed by atoms with Gasteiger partial charge in [0.05, 0.1) is 0 Å². The monoisotopic (exact) mass is 390 g/mol. The number of carbonyl (C=O) groups is 2. The van der Waals surface area contributed by atoms with Crippen LogP contribution in [0, 0.1) is 0 Å². The number of unbranched alkanes of at least 4 members (excludes halogenated alkanes) is 3. The topological polar surface area (TPSA) is 76.7 Å². The van der Waals surface area contributed by atoms with Crippen LogP contribution in [0.5, 0.6) is 0 Å². The molecule has 0 bridgehead atoms. The lowest BCUT2D eigenvalue weighted by atomic mass is 10.2. The van der Waals surface area contributed by atoms with Crippen molar-refractivity contribution in [2.24, 2.45) is 0 Å². The Bertz CT molecular complexity index is 368. The third-order valence-electron chi connectivity index (χ3n) is 2.41. The summed E-state index contributed by atoms with van der Waals surface area (Å²) in [6.45, 7) is 6.21. The van der Waals surface area contributed by atoms with Crippen LogP contribution < -0.4 is 10.6 Å². The molecule has 6 nitrogen and oxygen atoms in total. The summed E-state index contributed by atoms with van der Waals surface area (Å²) in [5, 5.41) is 5.25. The molecule has 136 valence electrons. The second-order valence-electron chi connectivity index (χ2n) is 5.96. The molecule has 0 aliphatic carbocycles. The summed E-state index contributed by atoms with van der Waals surface area (Å²) in [5.41, 5.74) is -0.486. The van der Waals surface area contributed by atoms with Crippen molar-refractivity contribution in [3.63, 3.8) is 0 Å². The van der Waals surface area contributed by atoms with Crippen molar-refractivity contribution >= 4 is 47.0 Å². The zero-order valence-corrected chi connectivity index (χ0v) is 16.0. The largest absolute Gasteiger partial charge is 0.445 e. The number of halogens is 3. The first-order valence-corrected chi connectivity index (χ1v) is 8.57. The Kier molecular flexibility index (Phi) is 10.8. The van der Waals surface area contributed by atoms with E-state index in [0.717, 1.165) is 25.7 Å². The van der Waals surface area contributed by atoms with Gasteiger partial charge in [0.1, 0.15) is 12.2 Å². The zero-order valence-electron chi connectivity index (χ0n) is 13.7. The number of nitrogens with one attached hydrogen (secondary N) is 2. The fourth-order valence-electron chi connectivity index (χ4n) is 1.50. The minimum Gasteiger partial charge on any atom is -0.445 e. The van der Waals surface area contributed by atoms with E-state index in [1.807, 2.05) is 20.8 Å². The van der Waals surface area contributed by atoms with Crippen molar-refractivity contribution in [1.82, 2.24) is 10.6 Å². The van der Waals surface area contributed by atoms with Crippen LogP contribution >= 0.6 is 34.8 Å². The zero-order chi connectivity index (χ0) is 17.9. The number of hydrogen-bond donors (Lipinski definition) is 2. The average molecular weight is 392 g/mol. The van der Waals surface area contributed by atoms with Gasteiger partial charge in [-0.15, -0.1) is 0 Å². The standard InChI is InChI=1S/C14H25Cl3N2O4/c1-13(2,3)23-12(21)19-9-7-5-4-6-8-18-11(20)22-10-14(15,16)17/h4-10H2,1-3H3,(H,18,20)(H,19,21). The number of alkyl halides is 3. The Morgan fingerprint density at radius 2 is 1.35 bits per heavy atom. The van der Waals surface area contributed by atoms with Crippen molar-refractivity contribution in [3.8, 4) is 0 Å². The Hall–Kier alpha value is -0.590. The highest BCUT2D eigenvalue weighted by Gasteiger charge is 2.21. The highest BCUT2D eigenvalue weighted by Crippen LogP contribution is 2.25. The van der Waals surface area contributed by atoms with Crippen LogP contribution in [0.4, 0.5) is 9.59 Å². The molecule has 2 N–H and O–H groups in total. The van der Waals surface area contributed by atoms with Crippen molar-refractivity contribution in [3.05, 3.63) is 0 Å². The average Bonchev–Trinajstić information content (AvgIpc) is 2.36. The van der Waals surface area contributed by atoms with E-state index in [9.17, 15) is 9.59 Å². The van der Waals surface area contributed by atoms with Gasteiger partial charge in [-0.1, -0.05) is 47.6 Å². The molecule has 0 aliphatic rings. The van der Waals surface area contributed by atoms with Gasteiger partial charge in [-0.05, 0) is 33.6 Å². The van der Waals surface area contributed by atoms with Crippen LogP contribution in [0.1, 0.15) is 46.5 Å². The number of ether oxygens (including phenoxy) is 2. The third kappa shape index (κ3) is 17.6. The van der Waals surface area contributed by atoms with E-state index < -0.39 is 21.6 Å². The second kappa shape index (κ2) is 11.0. The lowest BCUT2D eigenvalue weighted by Crippen LogP contribution is -2.33. The maximum atomic E-state index is 11.4. The van der Waals surface area contributed by atoms with E-state index in [1.54, 1.807) is 0 Å². The lowest BCUT2D eigenvalue weighted by Gasteiger charge is -2.19. The van der Waals surface area contributed by atoms with Crippen LogP contribution in [0.15, 0.2) is 0 Å². The van der Waals surface area contributed by atoms with Gasteiger partial charge in [0.25, 0.3) is 0 Å². The van der Waals surface area contributed by atoms with Gasteiger partial charge >= 0.3 is 12.2 Å². The van der Waals surface area contributed by atoms with Crippen LogP contribution in [-0.2, 0) is 9.47 Å². The number of alkyl carbamates (subject to hydrolysis) is 2. The van der Waals surface area contributed by atoms with Crippen LogP contribution in [0.3, 0.4) is 0 Å². The maximum absolute atomic E-state index is 11.4. The summed E-state index contributed by atoms with van der Waals surface area (Å²) in [6, 6.07) is 0. The van der Waals surface area contributed by atoms with Crippen LogP contribution in [0.25, 0.3) is 0 Å². The molecule has 0 fully saturated rings. The molecular formula is C14H25Cl3N2O4. The molecular weight excluding hydrogens is 367 g/mol. The first-order valence-electron chi connectivity index (χ1n) is 7.44. The Balaban J connectivity index is 3.43. The number of hydrogen-bond acceptors (Lipinski definition) is 4. The van der Waals surface area contributed by atoms with E-state index >= 15 is 0 Å². The molecule has 0 atom stereocenters. The summed E-state index contributed by atoms with van der Waals surface area (Å²) in [4.78, 5) is 22.6. The summed E-state index contributed by atoms with van der Waals surface area (Å²) in [5.74, 6) is 0. The van der Waals surface area contributed by atoms with E-state index in [2.05, 4.69) is 10.6 Å². The molecule has 0 aromatic carbocycles. The first kappa shape index (κ1) is 22.4. The van der Waals surface area contributed by atoms with Gasteiger partial charge in [-0.25, -0.2) is 9.59 Å². The van der Waals surface area contributed by atoms with Crippen molar-refractivity contribution in [2.75, 3.05) is 19.7 Å². The molecule has 23 heavy (non-hydrogen) atoms. The molecule has 0 radical (unpaired) electrons. The summed E-state index contributed by atoms with van der Waals surface area (Å²) < 4.78 is 8.23. The molecule has 0 spiro atoms. The number of rotatable bonds is 8. The quantitative estimate of drug-likeness (QED) is 0.481. The fraction of sp³-hybridized carbons (Fsp3) is 0.857. The van der Waals surface area contributed by atoms with Gasteiger partial charge in [-0.2, -0.15) is 0 Å². The molecule has 0 saturated heterocycles. The molecule has 0 aliphatic heterocycles. The Morgan fingerprint density at radius 1 is 0.870 bits per heavy atom. The third-order valence-corrected chi connectivity index (χ3v) is 2.74. The molecule has 0 heterocycles. The van der Waals surface area contributed by atoms with Crippen molar-refractivity contribution < 1.29 is 19.1 Å². The van der Waals surface area contributed by atoms with Gasteiger partial charge < -0.3 is 20.1 Å². The Labute approximate surface area is 152 Å². The van der Waals surface area contributed by atoms with Crippen LogP contribution in [0.2, 0.25) is 0 Å². The van der Waals surface area contributed by atoms with Gasteiger partial charge in [-0.3, -0.25) is 0 Å². The summed E-state index contributed by atoms with van der Waals surface area (Å²) in [6.07, 6.45) is 2.48. The summed E-state index contributed by atoms with van der Waals surface area (Å²) in [7, 11) is 0. The molecule has 0 saturated carbocycles. The predicted octanol–water partition coefficient (Wildman–Crippen LogP) is 4.17. The minimum absolute atomic E-state index is 0.292. The van der Waals surface area contributed by atoms with Crippen LogP contribution in [-0.4, -0.2) is 41.3 Å². The summed E-state index contributed by atoms with van der Waals surface area (Å²) >= 11 is 16.4. The van der Waals surface area contributed by atoms with Gasteiger partial charge in [0.15, 0.2) is 0 Å². The molecule has 0 unspecified atom stereocenters. The van der Waals surface area contributed by atoms with Crippen molar-refractivity contribution in [2.45, 2.75) is 55.8 Å². The maximum Gasteiger partial charge on any atom is 0.407 e. The highest BCUT2D eigenvalue weighted by molar-refractivity contribution is 6.67.